The molecule has 1 saturated carbocycles. The third-order valence-corrected chi connectivity index (χ3v) is 6.92. The molecule has 0 atom stereocenters. The van der Waals surface area contributed by atoms with Crippen LogP contribution in [-0.2, 0) is 15.1 Å². The molecule has 1 fully saturated rings. The van der Waals surface area contributed by atoms with Crippen LogP contribution in [0.15, 0.2) is 66.9 Å². The maximum atomic E-state index is 12.8. The lowest BCUT2D eigenvalue weighted by Crippen LogP contribution is -2.36. The summed E-state index contributed by atoms with van der Waals surface area (Å²) in [5, 5.41) is 6.00. The smallest absolute Gasteiger partial charge is 0.225 e. The second-order valence-electron chi connectivity index (χ2n) is 10.5. The molecule has 0 bridgehead atoms. The summed E-state index contributed by atoms with van der Waals surface area (Å²) >= 11 is 0. The van der Waals surface area contributed by atoms with Crippen LogP contribution >= 0.6 is 0 Å². The second-order valence-corrected chi connectivity index (χ2v) is 10.5. The van der Waals surface area contributed by atoms with Crippen LogP contribution in [0, 0.1) is 5.92 Å². The zero-order valence-electron chi connectivity index (χ0n) is 21.4. The van der Waals surface area contributed by atoms with Crippen molar-refractivity contribution >= 4 is 17.6 Å². The van der Waals surface area contributed by atoms with Crippen molar-refractivity contribution in [2.45, 2.75) is 64.5 Å². The number of nitrogens with two attached hydrogens (primary N) is 1. The number of carbonyl (C=O) groups excluding carboxylic acids is 2. The van der Waals surface area contributed by atoms with Crippen molar-refractivity contribution in [3.63, 3.8) is 0 Å². The molecule has 3 aromatic rings. The summed E-state index contributed by atoms with van der Waals surface area (Å²) in [7, 11) is 0. The standard InChI is InChI=1S/C30H36N4O2/c1-20(35)33-25-15-9-21(10-16-25)17-29(36)34-28-18-26(22-7-5-4-6-8-22)27(19-32-28)23-11-13-24(14-12-23)30(2,3)31/h4-8,11-14,18-19,21,25H,9-10,15-17,31H2,1-3H3,(H,33,35)(H,32,34,36)/t21-,25-. The van der Waals surface area contributed by atoms with E-state index in [1.54, 1.807) is 6.92 Å². The number of hydrogen-bond donors (Lipinski definition) is 3. The first-order chi connectivity index (χ1) is 17.2. The molecule has 6 heteroatoms. The highest BCUT2D eigenvalue weighted by atomic mass is 16.2. The normalized spacial score (nSPS) is 17.9. The van der Waals surface area contributed by atoms with Gasteiger partial charge in [-0.25, -0.2) is 4.98 Å². The van der Waals surface area contributed by atoms with Gasteiger partial charge in [0.25, 0.3) is 0 Å². The number of rotatable bonds is 7. The van der Waals surface area contributed by atoms with Gasteiger partial charge in [-0.3, -0.25) is 9.59 Å². The fraction of sp³-hybridized carbons (Fsp3) is 0.367. The number of amides is 2. The van der Waals surface area contributed by atoms with Crippen molar-refractivity contribution in [1.82, 2.24) is 10.3 Å². The minimum atomic E-state index is -0.406. The van der Waals surface area contributed by atoms with Crippen LogP contribution in [-0.4, -0.2) is 22.8 Å². The number of benzene rings is 2. The third kappa shape index (κ3) is 6.58. The molecule has 6 nitrogen and oxygen atoms in total. The van der Waals surface area contributed by atoms with Crippen LogP contribution < -0.4 is 16.4 Å². The monoisotopic (exact) mass is 484 g/mol. The van der Waals surface area contributed by atoms with Crippen molar-refractivity contribution < 1.29 is 9.59 Å². The first-order valence-corrected chi connectivity index (χ1v) is 12.7. The third-order valence-electron chi connectivity index (χ3n) is 6.92. The van der Waals surface area contributed by atoms with Crippen molar-refractivity contribution in [2.24, 2.45) is 11.7 Å². The van der Waals surface area contributed by atoms with Gasteiger partial charge in [-0.15, -0.1) is 0 Å². The Balaban J connectivity index is 1.50. The molecule has 1 aliphatic rings. The number of nitrogens with zero attached hydrogens (tertiary/aromatic N) is 1. The quantitative estimate of drug-likeness (QED) is 0.405. The Morgan fingerprint density at radius 1 is 0.944 bits per heavy atom. The van der Waals surface area contributed by atoms with E-state index in [1.807, 2.05) is 44.3 Å². The summed E-state index contributed by atoms with van der Waals surface area (Å²) in [6.07, 6.45) is 6.02. The summed E-state index contributed by atoms with van der Waals surface area (Å²) < 4.78 is 0. The topological polar surface area (TPSA) is 97.1 Å². The Bertz CT molecular complexity index is 1190. The summed E-state index contributed by atoms with van der Waals surface area (Å²) in [4.78, 5) is 28.7. The number of hydrogen-bond acceptors (Lipinski definition) is 4. The average molecular weight is 485 g/mol. The maximum absolute atomic E-state index is 12.8. The molecule has 188 valence electrons. The molecule has 4 rings (SSSR count). The second kappa shape index (κ2) is 11.0. The van der Waals surface area contributed by atoms with E-state index in [2.05, 4.69) is 52.0 Å². The number of carbonyl (C=O) groups is 2. The van der Waals surface area contributed by atoms with Gasteiger partial charge in [0, 0.05) is 36.7 Å². The zero-order chi connectivity index (χ0) is 25.7. The van der Waals surface area contributed by atoms with Crippen LogP contribution in [0.25, 0.3) is 22.3 Å². The molecule has 36 heavy (non-hydrogen) atoms. The zero-order valence-corrected chi connectivity index (χ0v) is 21.4. The fourth-order valence-corrected chi connectivity index (χ4v) is 4.94. The van der Waals surface area contributed by atoms with Gasteiger partial charge in [-0.05, 0) is 73.8 Å². The molecule has 4 N–H and O–H groups in total. The minimum Gasteiger partial charge on any atom is -0.354 e. The molecule has 0 unspecified atom stereocenters. The highest BCUT2D eigenvalue weighted by Crippen LogP contribution is 2.34. The summed E-state index contributed by atoms with van der Waals surface area (Å²) in [6, 6.07) is 20.6. The van der Waals surface area contributed by atoms with Crippen molar-refractivity contribution in [2.75, 3.05) is 5.32 Å². The largest absolute Gasteiger partial charge is 0.354 e. The van der Waals surface area contributed by atoms with Crippen molar-refractivity contribution in [3.05, 3.63) is 72.4 Å². The molecule has 2 amide bonds. The van der Waals surface area contributed by atoms with Crippen molar-refractivity contribution in [1.29, 1.82) is 0 Å². The Morgan fingerprint density at radius 2 is 1.58 bits per heavy atom. The van der Waals surface area contributed by atoms with E-state index in [4.69, 9.17) is 5.73 Å². The van der Waals surface area contributed by atoms with E-state index in [0.29, 0.717) is 18.2 Å². The maximum Gasteiger partial charge on any atom is 0.225 e. The first-order valence-electron chi connectivity index (χ1n) is 12.7. The van der Waals surface area contributed by atoms with E-state index >= 15 is 0 Å². The van der Waals surface area contributed by atoms with Gasteiger partial charge in [0.1, 0.15) is 5.82 Å². The van der Waals surface area contributed by atoms with Gasteiger partial charge < -0.3 is 16.4 Å². The van der Waals surface area contributed by atoms with Gasteiger partial charge in [-0.1, -0.05) is 54.6 Å². The van der Waals surface area contributed by atoms with Crippen LogP contribution in [0.3, 0.4) is 0 Å². The van der Waals surface area contributed by atoms with Gasteiger partial charge in [-0.2, -0.15) is 0 Å². The molecule has 1 aliphatic carbocycles. The van der Waals surface area contributed by atoms with Gasteiger partial charge >= 0.3 is 0 Å². The summed E-state index contributed by atoms with van der Waals surface area (Å²) in [6.45, 7) is 5.54. The van der Waals surface area contributed by atoms with E-state index < -0.39 is 5.54 Å². The Kier molecular flexibility index (Phi) is 7.85. The van der Waals surface area contributed by atoms with E-state index in [0.717, 1.165) is 53.5 Å². The highest BCUT2D eigenvalue weighted by molar-refractivity contribution is 5.92. The lowest BCUT2D eigenvalue weighted by molar-refractivity contribution is -0.120. The SMILES string of the molecule is CC(=O)N[C@H]1CC[C@H](CC(=O)Nc2cc(-c3ccccc3)c(-c3ccc(C(C)(C)N)cc3)cn2)CC1. The predicted octanol–water partition coefficient (Wildman–Crippen LogP) is 5.63. The summed E-state index contributed by atoms with van der Waals surface area (Å²) in [5.74, 6) is 0.869. The summed E-state index contributed by atoms with van der Waals surface area (Å²) in [5.41, 5.74) is 11.0. The fourth-order valence-electron chi connectivity index (χ4n) is 4.94. The lowest BCUT2D eigenvalue weighted by atomic mass is 9.84. The van der Waals surface area contributed by atoms with Gasteiger partial charge in [0.05, 0.1) is 0 Å². The number of nitrogens with one attached hydrogen (secondary N) is 2. The Morgan fingerprint density at radius 3 is 2.19 bits per heavy atom. The van der Waals surface area contributed by atoms with Crippen LogP contribution in [0.4, 0.5) is 5.82 Å². The van der Waals surface area contributed by atoms with E-state index in [9.17, 15) is 9.59 Å². The van der Waals surface area contributed by atoms with Gasteiger partial charge in [0.15, 0.2) is 0 Å². The lowest BCUT2D eigenvalue weighted by Gasteiger charge is -2.28. The van der Waals surface area contributed by atoms with Crippen molar-refractivity contribution in [3.8, 4) is 22.3 Å². The molecule has 0 radical (unpaired) electrons. The molecule has 0 spiro atoms. The molecule has 0 saturated heterocycles. The van der Waals surface area contributed by atoms with E-state index in [-0.39, 0.29) is 17.9 Å². The molecule has 1 aromatic heterocycles. The van der Waals surface area contributed by atoms with Crippen LogP contribution in [0.1, 0.15) is 58.4 Å². The Labute approximate surface area is 213 Å². The molecule has 2 aromatic carbocycles. The molecule has 0 aliphatic heterocycles. The Hall–Kier alpha value is -3.51. The first kappa shape index (κ1) is 25.6. The molecular weight excluding hydrogens is 448 g/mol. The number of pyridine rings is 1. The van der Waals surface area contributed by atoms with Gasteiger partial charge in [0.2, 0.25) is 11.8 Å². The molecule has 1 heterocycles. The predicted molar refractivity (Wildman–Crippen MR) is 145 cm³/mol. The number of anilines is 1. The molecular formula is C30H36N4O2. The minimum absolute atomic E-state index is 0.0131. The van der Waals surface area contributed by atoms with E-state index in [1.165, 1.54) is 0 Å². The highest BCUT2D eigenvalue weighted by Gasteiger charge is 2.24. The van der Waals surface area contributed by atoms with Crippen LogP contribution in [0.2, 0.25) is 0 Å². The van der Waals surface area contributed by atoms with Crippen LogP contribution in [0.5, 0.6) is 0 Å². The average Bonchev–Trinajstić information content (AvgIpc) is 2.85. The number of aromatic nitrogens is 1.